The Morgan fingerprint density at radius 3 is 2.31 bits per heavy atom. The molecule has 1 aliphatic rings. The van der Waals surface area contributed by atoms with Crippen LogP contribution in [0.5, 0.6) is 0 Å². The maximum atomic E-state index is 14.3. The SMILES string of the molecule is CC[C@H](C)[C@@H]([C@@H](CC(=O)N1CCC[C@H]1[C@H](OC)[C@@H](C)C(=O)NCCc1ccccn1)OC)N(C)C(=O)[C@@H](NC(=O)[C@H](C(C)C)N(C)C)C(C)N=[N+]=[N-]. The number of likely N-dealkylation sites (tertiary alicyclic amines) is 1. The summed E-state index contributed by atoms with van der Waals surface area (Å²) in [5.41, 5.74) is 10.1. The second-order valence-corrected chi connectivity index (χ2v) is 14.5. The fraction of sp³-hybridized carbons (Fsp3) is 0.757. The van der Waals surface area contributed by atoms with Gasteiger partial charge in [0.2, 0.25) is 23.6 Å². The van der Waals surface area contributed by atoms with Gasteiger partial charge in [-0.05, 0) is 56.4 Å². The number of likely N-dealkylation sites (N-methyl/N-ethyl adjacent to an activating group) is 2. The molecule has 4 amide bonds. The predicted molar refractivity (Wildman–Crippen MR) is 200 cm³/mol. The van der Waals surface area contributed by atoms with Crippen LogP contribution in [0.3, 0.4) is 0 Å². The number of methoxy groups -OCH3 is 2. The molecule has 1 aromatic heterocycles. The quantitative estimate of drug-likeness (QED) is 0.110. The Labute approximate surface area is 310 Å². The molecule has 0 radical (unpaired) electrons. The third-order valence-electron chi connectivity index (χ3n) is 10.4. The molecule has 1 saturated heterocycles. The first-order chi connectivity index (χ1) is 24.6. The van der Waals surface area contributed by atoms with Crippen molar-refractivity contribution in [3.05, 3.63) is 40.5 Å². The lowest BCUT2D eigenvalue weighted by Gasteiger charge is -2.41. The molecule has 2 N–H and O–H groups in total. The van der Waals surface area contributed by atoms with E-state index in [4.69, 9.17) is 9.47 Å². The maximum absolute atomic E-state index is 14.3. The summed E-state index contributed by atoms with van der Waals surface area (Å²) in [6, 6.07) is 2.26. The van der Waals surface area contributed by atoms with Crippen LogP contribution in [0.2, 0.25) is 0 Å². The molecule has 292 valence electrons. The van der Waals surface area contributed by atoms with E-state index in [-0.39, 0.29) is 42.0 Å². The lowest BCUT2D eigenvalue weighted by molar-refractivity contribution is -0.147. The highest BCUT2D eigenvalue weighted by Gasteiger charge is 2.43. The normalized spacial score (nSPS) is 19.1. The minimum Gasteiger partial charge on any atom is -0.379 e. The summed E-state index contributed by atoms with van der Waals surface area (Å²) in [7, 11) is 8.31. The monoisotopic (exact) mass is 729 g/mol. The van der Waals surface area contributed by atoms with Crippen LogP contribution >= 0.6 is 0 Å². The number of rotatable bonds is 21. The molecule has 15 nitrogen and oxygen atoms in total. The van der Waals surface area contributed by atoms with Gasteiger partial charge in [-0.1, -0.05) is 59.1 Å². The molecule has 1 aliphatic heterocycles. The van der Waals surface area contributed by atoms with Crippen molar-refractivity contribution in [2.24, 2.45) is 22.9 Å². The van der Waals surface area contributed by atoms with Gasteiger partial charge in [0.15, 0.2) is 0 Å². The van der Waals surface area contributed by atoms with Crippen LogP contribution in [0.4, 0.5) is 0 Å². The summed E-state index contributed by atoms with van der Waals surface area (Å²) < 4.78 is 11.9. The highest BCUT2D eigenvalue weighted by molar-refractivity contribution is 5.90. The van der Waals surface area contributed by atoms with Gasteiger partial charge in [0.1, 0.15) is 6.04 Å². The molecule has 0 saturated carbocycles. The summed E-state index contributed by atoms with van der Waals surface area (Å²) in [6.07, 6.45) is 3.22. The van der Waals surface area contributed by atoms with Crippen molar-refractivity contribution in [2.45, 2.75) is 116 Å². The van der Waals surface area contributed by atoms with E-state index in [9.17, 15) is 24.7 Å². The Bertz CT molecular complexity index is 1330. The van der Waals surface area contributed by atoms with E-state index in [1.165, 1.54) is 12.0 Å². The van der Waals surface area contributed by atoms with Gasteiger partial charge in [0.05, 0.1) is 48.7 Å². The van der Waals surface area contributed by atoms with Gasteiger partial charge in [-0.3, -0.25) is 29.1 Å². The zero-order valence-corrected chi connectivity index (χ0v) is 33.1. The Hall–Kier alpha value is -3.78. The molecule has 1 unspecified atom stereocenters. The van der Waals surface area contributed by atoms with Crippen molar-refractivity contribution < 1.29 is 28.7 Å². The highest BCUT2D eigenvalue weighted by Crippen LogP contribution is 2.29. The van der Waals surface area contributed by atoms with E-state index in [1.807, 2.05) is 52.8 Å². The van der Waals surface area contributed by atoms with Crippen LogP contribution < -0.4 is 10.6 Å². The van der Waals surface area contributed by atoms with Gasteiger partial charge in [-0.15, -0.1) is 0 Å². The van der Waals surface area contributed by atoms with Crippen LogP contribution in [-0.4, -0.2) is 134 Å². The third-order valence-corrected chi connectivity index (χ3v) is 10.4. The lowest BCUT2D eigenvalue weighted by atomic mass is 9.89. The number of azide groups is 1. The molecule has 1 fully saturated rings. The van der Waals surface area contributed by atoms with E-state index < -0.39 is 48.2 Å². The number of ether oxygens (including phenoxy) is 2. The fourth-order valence-electron chi connectivity index (χ4n) is 7.46. The maximum Gasteiger partial charge on any atom is 0.245 e. The minimum absolute atomic E-state index is 0.0142. The Morgan fingerprint density at radius 2 is 1.77 bits per heavy atom. The Kier molecular flexibility index (Phi) is 18.5. The fourth-order valence-corrected chi connectivity index (χ4v) is 7.46. The lowest BCUT2D eigenvalue weighted by Crippen LogP contribution is -2.60. The number of aromatic nitrogens is 1. The van der Waals surface area contributed by atoms with Gasteiger partial charge in [-0.2, -0.15) is 0 Å². The number of pyridine rings is 1. The van der Waals surface area contributed by atoms with E-state index >= 15 is 0 Å². The van der Waals surface area contributed by atoms with Crippen molar-refractivity contribution in [1.29, 1.82) is 0 Å². The molecule has 15 heteroatoms. The third kappa shape index (κ3) is 11.9. The number of hydrogen-bond acceptors (Lipinski definition) is 9. The zero-order chi connectivity index (χ0) is 39.1. The first-order valence-electron chi connectivity index (χ1n) is 18.4. The average molecular weight is 730 g/mol. The smallest absolute Gasteiger partial charge is 0.245 e. The van der Waals surface area contributed by atoms with E-state index in [2.05, 4.69) is 25.6 Å². The Balaban J connectivity index is 2.27. The van der Waals surface area contributed by atoms with Crippen molar-refractivity contribution in [3.63, 3.8) is 0 Å². The van der Waals surface area contributed by atoms with Crippen LogP contribution in [0.1, 0.15) is 72.9 Å². The molecule has 0 aliphatic carbocycles. The molecule has 2 heterocycles. The molecule has 0 aromatic carbocycles. The van der Waals surface area contributed by atoms with Crippen molar-refractivity contribution in [2.75, 3.05) is 48.5 Å². The molecule has 1 aromatic rings. The van der Waals surface area contributed by atoms with Gasteiger partial charge in [0, 0.05) is 57.6 Å². The van der Waals surface area contributed by atoms with Gasteiger partial charge >= 0.3 is 0 Å². The minimum atomic E-state index is -1.14. The number of carbonyl (C=O) groups excluding carboxylic acids is 4. The first kappa shape index (κ1) is 44.4. The standard InChI is InChI=1S/C37H63N9O6/c1-12-24(4)33(45(9)37(50)31(26(6)42-43-38)41-36(49)32(23(2)3)44(7)8)29(51-10)22-30(47)46-21-15-17-28(46)34(52-11)25(5)35(48)40-20-18-27-16-13-14-19-39-27/h13-14,16,19,23-26,28-29,31-34H,12,15,17-18,20-22H2,1-11H3,(H,40,48)(H,41,49)/t24-,25+,26?,28-,29+,31-,32-,33-,34+/m0/s1. The van der Waals surface area contributed by atoms with Crippen LogP contribution in [-0.2, 0) is 35.1 Å². The molecular weight excluding hydrogens is 666 g/mol. The van der Waals surface area contributed by atoms with Crippen molar-refractivity contribution in [1.82, 2.24) is 30.3 Å². The number of nitrogens with one attached hydrogen (secondary N) is 2. The summed E-state index contributed by atoms with van der Waals surface area (Å²) in [6.45, 7) is 12.2. The van der Waals surface area contributed by atoms with Crippen molar-refractivity contribution in [3.8, 4) is 0 Å². The predicted octanol–water partition coefficient (Wildman–Crippen LogP) is 3.43. The molecule has 9 atom stereocenters. The number of amides is 4. The first-order valence-corrected chi connectivity index (χ1v) is 18.4. The number of carbonyl (C=O) groups is 4. The van der Waals surface area contributed by atoms with E-state index in [1.54, 1.807) is 51.2 Å². The molecule has 2 rings (SSSR count). The van der Waals surface area contributed by atoms with Crippen LogP contribution in [0, 0.1) is 17.8 Å². The highest BCUT2D eigenvalue weighted by atomic mass is 16.5. The molecular formula is C37H63N9O6. The van der Waals surface area contributed by atoms with Crippen LogP contribution in [0.15, 0.2) is 29.5 Å². The summed E-state index contributed by atoms with van der Waals surface area (Å²) in [5, 5.41) is 9.63. The molecule has 52 heavy (non-hydrogen) atoms. The number of nitrogens with zero attached hydrogens (tertiary/aromatic N) is 7. The molecule has 0 bridgehead atoms. The number of hydrogen-bond donors (Lipinski definition) is 2. The van der Waals surface area contributed by atoms with Gasteiger partial charge < -0.3 is 29.9 Å². The van der Waals surface area contributed by atoms with Crippen LogP contribution in [0.25, 0.3) is 10.4 Å². The van der Waals surface area contributed by atoms with Gasteiger partial charge in [-0.25, -0.2) is 0 Å². The zero-order valence-electron chi connectivity index (χ0n) is 33.1. The largest absolute Gasteiger partial charge is 0.379 e. The summed E-state index contributed by atoms with van der Waals surface area (Å²) in [5.74, 6) is -1.78. The topological polar surface area (TPSA) is 182 Å². The summed E-state index contributed by atoms with van der Waals surface area (Å²) in [4.78, 5) is 67.4. The second kappa shape index (κ2) is 21.7. The van der Waals surface area contributed by atoms with Crippen molar-refractivity contribution >= 4 is 23.6 Å². The summed E-state index contributed by atoms with van der Waals surface area (Å²) >= 11 is 0. The second-order valence-electron chi connectivity index (χ2n) is 14.5. The average Bonchev–Trinajstić information content (AvgIpc) is 3.59. The van der Waals surface area contributed by atoms with E-state index in [0.29, 0.717) is 32.4 Å². The molecule has 0 spiro atoms. The Morgan fingerprint density at radius 1 is 1.08 bits per heavy atom. The van der Waals surface area contributed by atoms with Gasteiger partial charge in [0.25, 0.3) is 0 Å². The van der Waals surface area contributed by atoms with E-state index in [0.717, 1.165) is 12.1 Å².